The Kier molecular flexibility index (Phi) is 8.00. The Morgan fingerprint density at radius 3 is 1.19 bits per heavy atom. The predicted octanol–water partition coefficient (Wildman–Crippen LogP) is 19.4. The maximum absolute atomic E-state index is 2.58. The van der Waals surface area contributed by atoms with Crippen molar-refractivity contribution in [3.05, 3.63) is 241 Å². The van der Waals surface area contributed by atoms with Gasteiger partial charge in [-0.15, -0.1) is 0 Å². The predicted molar refractivity (Wildman–Crippen MR) is 300 cm³/mol. The zero-order chi connectivity index (χ0) is 46.6. The van der Waals surface area contributed by atoms with Crippen molar-refractivity contribution in [2.24, 2.45) is 0 Å². The molecule has 0 amide bonds. The second-order valence-corrected chi connectivity index (χ2v) is 21.1. The van der Waals surface area contributed by atoms with Gasteiger partial charge in [0, 0.05) is 10.8 Å². The third-order valence-electron chi connectivity index (χ3n) is 16.8. The Bertz CT molecular complexity index is 4390. The van der Waals surface area contributed by atoms with Crippen LogP contribution in [0.5, 0.6) is 0 Å². The third-order valence-corrected chi connectivity index (χ3v) is 16.8. The van der Waals surface area contributed by atoms with Crippen molar-refractivity contribution < 1.29 is 0 Å². The van der Waals surface area contributed by atoms with E-state index in [0.717, 1.165) is 0 Å². The Morgan fingerprint density at radius 2 is 0.586 bits per heavy atom. The van der Waals surface area contributed by atoms with Crippen molar-refractivity contribution in [2.45, 2.75) is 38.5 Å². The van der Waals surface area contributed by atoms with Crippen LogP contribution in [0, 0.1) is 0 Å². The van der Waals surface area contributed by atoms with E-state index in [9.17, 15) is 0 Å². The first kappa shape index (κ1) is 39.7. The SMILES string of the molecule is CC1(C)c2cc3c(cc2-c2cc4c5ccccc5c5ccccc5c4cc21)C(C)(C)c1cc(-c2ccc(-c4c5ccccc5c(-c5ccc6ccccc6c5)c5ccccc45)cc2)c2ccccc2c1-3. The minimum absolute atomic E-state index is 0.168. The summed E-state index contributed by atoms with van der Waals surface area (Å²) < 4.78 is 0. The first-order chi connectivity index (χ1) is 34.2. The normalized spacial score (nSPS) is 14.2. The molecule has 70 heavy (non-hydrogen) atoms. The summed E-state index contributed by atoms with van der Waals surface area (Å²) in [4.78, 5) is 0. The maximum Gasteiger partial charge on any atom is 0.0159 e. The summed E-state index contributed by atoms with van der Waals surface area (Å²) >= 11 is 0. The molecule has 13 aromatic carbocycles. The van der Waals surface area contributed by atoms with Crippen LogP contribution >= 0.6 is 0 Å². The molecule has 0 atom stereocenters. The molecule has 0 saturated heterocycles. The molecular weight excluding hydrogens is 841 g/mol. The van der Waals surface area contributed by atoms with E-state index >= 15 is 0 Å². The molecule has 2 aliphatic rings. The lowest BCUT2D eigenvalue weighted by Gasteiger charge is -2.24. The molecule has 0 bridgehead atoms. The van der Waals surface area contributed by atoms with E-state index < -0.39 is 0 Å². The van der Waals surface area contributed by atoms with Gasteiger partial charge in [-0.2, -0.15) is 0 Å². The van der Waals surface area contributed by atoms with Crippen LogP contribution in [0.15, 0.2) is 218 Å². The van der Waals surface area contributed by atoms with E-state index in [1.807, 2.05) is 0 Å². The summed E-state index contributed by atoms with van der Waals surface area (Å²) in [7, 11) is 0. The molecule has 0 nitrogen and oxygen atoms in total. The second kappa shape index (κ2) is 14.1. The van der Waals surface area contributed by atoms with Gasteiger partial charge in [-0.3, -0.25) is 0 Å². The molecule has 2 aliphatic carbocycles. The quantitative estimate of drug-likeness (QED) is 0.122. The molecule has 0 unspecified atom stereocenters. The molecule has 328 valence electrons. The molecule has 0 fully saturated rings. The molecule has 0 spiro atoms. The fraction of sp³-hybridized carbons (Fsp3) is 0.0857. The minimum atomic E-state index is -0.213. The number of hydrogen-bond acceptors (Lipinski definition) is 0. The molecule has 13 aromatic rings. The molecule has 0 saturated carbocycles. The van der Waals surface area contributed by atoms with Gasteiger partial charge in [-0.1, -0.05) is 210 Å². The summed E-state index contributed by atoms with van der Waals surface area (Å²) in [5, 5.41) is 18.2. The number of fused-ring (bicyclic) bond motifs is 17. The highest BCUT2D eigenvalue weighted by molar-refractivity contribution is 6.26. The maximum atomic E-state index is 2.58. The number of rotatable bonds is 3. The van der Waals surface area contributed by atoms with Crippen LogP contribution in [0.1, 0.15) is 49.9 Å². The number of benzene rings is 13. The van der Waals surface area contributed by atoms with Crippen molar-refractivity contribution >= 4 is 75.4 Å². The van der Waals surface area contributed by atoms with Crippen LogP contribution < -0.4 is 0 Å². The van der Waals surface area contributed by atoms with Crippen molar-refractivity contribution in [3.63, 3.8) is 0 Å². The molecule has 0 aliphatic heterocycles. The summed E-state index contributed by atoms with van der Waals surface area (Å²) in [6.07, 6.45) is 0. The highest BCUT2D eigenvalue weighted by atomic mass is 14.5. The highest BCUT2D eigenvalue weighted by Gasteiger charge is 2.43. The third kappa shape index (κ3) is 5.31. The lowest BCUT2D eigenvalue weighted by molar-refractivity contribution is 0.652. The van der Waals surface area contributed by atoms with Crippen LogP contribution in [0.25, 0.3) is 131 Å². The molecule has 0 heterocycles. The van der Waals surface area contributed by atoms with Gasteiger partial charge >= 0.3 is 0 Å². The standard InChI is InChI=1S/C70H48/c1-69(2)62-38-58-49-22-10-8-20-47(49)46-19-7-9-21-48(46)57(58)36-59(62)60-39-64-61(40-63(60)69)68-51-24-12-11-23-50(51)56(37-65(68)70(64,3)4)42-30-32-43(33-31-42)66-52-25-13-15-27-54(52)67(55-28-16-14-26-53(55)66)45-34-29-41-17-5-6-18-44(41)35-45/h5-40H,1-4H3. The molecule has 15 rings (SSSR count). The van der Waals surface area contributed by atoms with Gasteiger partial charge in [0.1, 0.15) is 0 Å². The van der Waals surface area contributed by atoms with E-state index in [4.69, 9.17) is 0 Å². The first-order valence-electron chi connectivity index (χ1n) is 24.9. The van der Waals surface area contributed by atoms with E-state index in [1.54, 1.807) is 0 Å². The summed E-state index contributed by atoms with van der Waals surface area (Å²) in [5.74, 6) is 0. The second-order valence-electron chi connectivity index (χ2n) is 21.1. The lowest BCUT2D eigenvalue weighted by Crippen LogP contribution is -2.17. The monoisotopic (exact) mass is 888 g/mol. The topological polar surface area (TPSA) is 0 Å². The van der Waals surface area contributed by atoms with Gasteiger partial charge in [0.05, 0.1) is 0 Å². The van der Waals surface area contributed by atoms with Gasteiger partial charge in [-0.05, 0) is 190 Å². The van der Waals surface area contributed by atoms with Crippen molar-refractivity contribution in [1.82, 2.24) is 0 Å². The van der Waals surface area contributed by atoms with Crippen molar-refractivity contribution in [2.75, 3.05) is 0 Å². The highest BCUT2D eigenvalue weighted by Crippen LogP contribution is 2.59. The summed E-state index contributed by atoms with van der Waals surface area (Å²) in [6.45, 7) is 9.78. The zero-order valence-corrected chi connectivity index (χ0v) is 39.8. The fourth-order valence-electron chi connectivity index (χ4n) is 13.4. The largest absolute Gasteiger partial charge is 0.0616 e. The summed E-state index contributed by atoms with van der Waals surface area (Å²) in [5.41, 5.74) is 18.4. The molecule has 0 heteroatoms. The van der Waals surface area contributed by atoms with Gasteiger partial charge in [-0.25, -0.2) is 0 Å². The Morgan fingerprint density at radius 1 is 0.214 bits per heavy atom. The minimum Gasteiger partial charge on any atom is -0.0616 e. The van der Waals surface area contributed by atoms with Gasteiger partial charge in [0.25, 0.3) is 0 Å². The Hall–Kier alpha value is -8.32. The van der Waals surface area contributed by atoms with E-state index in [1.165, 1.54) is 153 Å². The van der Waals surface area contributed by atoms with Crippen molar-refractivity contribution in [3.8, 4) is 55.6 Å². The number of hydrogen-bond donors (Lipinski definition) is 0. The Balaban J connectivity index is 0.877. The van der Waals surface area contributed by atoms with Crippen molar-refractivity contribution in [1.29, 1.82) is 0 Å². The van der Waals surface area contributed by atoms with Gasteiger partial charge in [0.2, 0.25) is 0 Å². The van der Waals surface area contributed by atoms with Gasteiger partial charge in [0.15, 0.2) is 0 Å². The molecule has 0 aromatic heterocycles. The van der Waals surface area contributed by atoms with Gasteiger partial charge < -0.3 is 0 Å². The molecule has 0 N–H and O–H groups in total. The summed E-state index contributed by atoms with van der Waals surface area (Å²) in [6, 6.07) is 82.8. The fourth-order valence-corrected chi connectivity index (χ4v) is 13.4. The smallest absolute Gasteiger partial charge is 0.0159 e. The lowest BCUT2D eigenvalue weighted by atomic mass is 9.78. The van der Waals surface area contributed by atoms with Crippen LogP contribution in [0.2, 0.25) is 0 Å². The van der Waals surface area contributed by atoms with Crippen LogP contribution in [0.4, 0.5) is 0 Å². The van der Waals surface area contributed by atoms with E-state index in [2.05, 4.69) is 246 Å². The Labute approximate surface area is 408 Å². The van der Waals surface area contributed by atoms with Crippen LogP contribution in [0.3, 0.4) is 0 Å². The average Bonchev–Trinajstić information content (AvgIpc) is 3.76. The average molecular weight is 889 g/mol. The van der Waals surface area contributed by atoms with Crippen LogP contribution in [-0.2, 0) is 10.8 Å². The zero-order valence-electron chi connectivity index (χ0n) is 39.8. The van der Waals surface area contributed by atoms with Crippen LogP contribution in [-0.4, -0.2) is 0 Å². The first-order valence-corrected chi connectivity index (χ1v) is 24.9. The van der Waals surface area contributed by atoms with E-state index in [0.29, 0.717) is 0 Å². The molecule has 0 radical (unpaired) electrons. The van der Waals surface area contributed by atoms with E-state index in [-0.39, 0.29) is 10.8 Å². The molecular formula is C70H48.